The van der Waals surface area contributed by atoms with E-state index in [9.17, 15) is 0 Å². The van der Waals surface area contributed by atoms with E-state index in [1.165, 1.54) is 16.7 Å². The third-order valence-electron chi connectivity index (χ3n) is 3.66. The van der Waals surface area contributed by atoms with E-state index in [4.69, 9.17) is 11.6 Å². The lowest BCUT2D eigenvalue weighted by atomic mass is 10.0. The van der Waals surface area contributed by atoms with Crippen LogP contribution in [0.5, 0.6) is 0 Å². The molecule has 0 unspecified atom stereocenters. The maximum absolute atomic E-state index is 6.13. The van der Waals surface area contributed by atoms with Gasteiger partial charge in [-0.3, -0.25) is 0 Å². The standard InChI is InChI=1S/C16H10BrClN2S/c1-8-5-9-3-2-4-10(11(9)6-8)13-15-14(12(17)7-21-15)20-16(18)19-13/h2-4,6-7H,5H2,1H3. The lowest BCUT2D eigenvalue weighted by Gasteiger charge is -2.08. The van der Waals surface area contributed by atoms with Crippen LogP contribution in [-0.2, 0) is 6.42 Å². The number of fused-ring (bicyclic) bond motifs is 2. The lowest BCUT2D eigenvalue weighted by Crippen LogP contribution is -1.92. The maximum atomic E-state index is 6.13. The first-order valence-electron chi connectivity index (χ1n) is 6.53. The van der Waals surface area contributed by atoms with Crippen LogP contribution in [0.15, 0.2) is 33.6 Å². The smallest absolute Gasteiger partial charge is 0.216 e. The topological polar surface area (TPSA) is 25.8 Å². The zero-order valence-corrected chi connectivity index (χ0v) is 14.3. The predicted octanol–water partition coefficient (Wildman–Crippen LogP) is 5.73. The minimum Gasteiger partial charge on any atom is -0.216 e. The van der Waals surface area contributed by atoms with Crippen molar-refractivity contribution in [3.8, 4) is 11.3 Å². The number of nitrogens with zero attached hydrogens (tertiary/aromatic N) is 2. The van der Waals surface area contributed by atoms with Gasteiger partial charge < -0.3 is 0 Å². The Morgan fingerprint density at radius 2 is 2.14 bits per heavy atom. The van der Waals surface area contributed by atoms with Crippen molar-refractivity contribution in [1.29, 1.82) is 0 Å². The van der Waals surface area contributed by atoms with Crippen molar-refractivity contribution in [3.63, 3.8) is 0 Å². The van der Waals surface area contributed by atoms with Crippen LogP contribution in [0.3, 0.4) is 0 Å². The highest BCUT2D eigenvalue weighted by molar-refractivity contribution is 9.10. The summed E-state index contributed by atoms with van der Waals surface area (Å²) in [5, 5.41) is 2.32. The molecule has 2 aromatic heterocycles. The van der Waals surface area contributed by atoms with Gasteiger partial charge in [-0.05, 0) is 52.0 Å². The van der Waals surface area contributed by atoms with Gasteiger partial charge in [0.25, 0.3) is 0 Å². The van der Waals surface area contributed by atoms with Crippen LogP contribution in [0.4, 0.5) is 0 Å². The van der Waals surface area contributed by atoms with E-state index in [2.05, 4.69) is 57.1 Å². The number of halogens is 2. The first kappa shape index (κ1) is 13.4. The Hall–Kier alpha value is -1.23. The molecule has 0 aliphatic heterocycles. The van der Waals surface area contributed by atoms with Crippen molar-refractivity contribution in [3.05, 3.63) is 50.0 Å². The molecule has 2 heterocycles. The van der Waals surface area contributed by atoms with Crippen molar-refractivity contribution >= 4 is 55.2 Å². The van der Waals surface area contributed by atoms with Gasteiger partial charge in [0.15, 0.2) is 0 Å². The van der Waals surface area contributed by atoms with Crippen molar-refractivity contribution in [2.45, 2.75) is 13.3 Å². The van der Waals surface area contributed by atoms with E-state index in [1.54, 1.807) is 11.3 Å². The quantitative estimate of drug-likeness (QED) is 0.506. The largest absolute Gasteiger partial charge is 0.223 e. The number of benzene rings is 1. The van der Waals surface area contributed by atoms with Crippen LogP contribution in [-0.4, -0.2) is 9.97 Å². The average molecular weight is 378 g/mol. The second-order valence-corrected chi connectivity index (χ2v) is 7.22. The molecule has 4 rings (SSSR count). The average Bonchev–Trinajstić information content (AvgIpc) is 3.00. The molecule has 1 aliphatic rings. The molecule has 1 aromatic carbocycles. The number of aromatic nitrogens is 2. The molecule has 0 fully saturated rings. The Balaban J connectivity index is 2.07. The van der Waals surface area contributed by atoms with E-state index in [-0.39, 0.29) is 5.28 Å². The van der Waals surface area contributed by atoms with Crippen molar-refractivity contribution in [1.82, 2.24) is 9.97 Å². The second-order valence-electron chi connectivity index (χ2n) is 5.15. The minimum atomic E-state index is 0.285. The van der Waals surface area contributed by atoms with Crippen molar-refractivity contribution < 1.29 is 0 Å². The highest BCUT2D eigenvalue weighted by Crippen LogP contribution is 2.40. The van der Waals surface area contributed by atoms with Gasteiger partial charge in [0.1, 0.15) is 5.52 Å². The zero-order chi connectivity index (χ0) is 14.6. The first-order chi connectivity index (χ1) is 10.1. The fraction of sp³-hybridized carbons (Fsp3) is 0.125. The van der Waals surface area contributed by atoms with Gasteiger partial charge in [-0.2, -0.15) is 0 Å². The van der Waals surface area contributed by atoms with Crippen molar-refractivity contribution in [2.75, 3.05) is 0 Å². The van der Waals surface area contributed by atoms with Gasteiger partial charge in [0.05, 0.1) is 14.9 Å². The molecule has 3 aromatic rings. The second kappa shape index (κ2) is 4.90. The third-order valence-corrected chi connectivity index (χ3v) is 5.71. The molecule has 0 bridgehead atoms. The van der Waals surface area contributed by atoms with E-state index < -0.39 is 0 Å². The number of hydrogen-bond donors (Lipinski definition) is 0. The summed E-state index contributed by atoms with van der Waals surface area (Å²) in [6, 6.07) is 6.38. The monoisotopic (exact) mass is 376 g/mol. The zero-order valence-electron chi connectivity index (χ0n) is 11.2. The molecular formula is C16H10BrClN2S. The molecule has 0 spiro atoms. The highest BCUT2D eigenvalue weighted by Gasteiger charge is 2.19. The van der Waals surface area contributed by atoms with Gasteiger partial charge in [-0.1, -0.05) is 29.8 Å². The Kier molecular flexibility index (Phi) is 3.14. The fourth-order valence-corrected chi connectivity index (χ4v) is 4.52. The molecule has 0 amide bonds. The lowest BCUT2D eigenvalue weighted by molar-refractivity contribution is 1.19. The predicted molar refractivity (Wildman–Crippen MR) is 92.9 cm³/mol. The van der Waals surface area contributed by atoms with Crippen LogP contribution in [0.1, 0.15) is 18.1 Å². The van der Waals surface area contributed by atoms with Gasteiger partial charge in [-0.15, -0.1) is 11.3 Å². The van der Waals surface area contributed by atoms with Crippen LogP contribution in [0.2, 0.25) is 5.28 Å². The molecule has 5 heteroatoms. The number of thiophene rings is 1. The van der Waals surface area contributed by atoms with Gasteiger partial charge in [-0.25, -0.2) is 9.97 Å². The molecule has 2 nitrogen and oxygen atoms in total. The minimum absolute atomic E-state index is 0.285. The summed E-state index contributed by atoms with van der Waals surface area (Å²) in [5.74, 6) is 0. The normalized spacial score (nSPS) is 13.6. The van der Waals surface area contributed by atoms with Crippen LogP contribution in [0, 0.1) is 0 Å². The Labute approximate surface area is 139 Å². The summed E-state index contributed by atoms with van der Waals surface area (Å²) in [5.41, 5.74) is 6.92. The number of rotatable bonds is 1. The van der Waals surface area contributed by atoms with E-state index in [0.717, 1.165) is 32.4 Å². The number of hydrogen-bond acceptors (Lipinski definition) is 3. The maximum Gasteiger partial charge on any atom is 0.223 e. The van der Waals surface area contributed by atoms with Crippen LogP contribution >= 0.6 is 38.9 Å². The van der Waals surface area contributed by atoms with E-state index in [1.807, 2.05) is 5.38 Å². The molecular weight excluding hydrogens is 368 g/mol. The molecule has 104 valence electrons. The number of allylic oxidation sites excluding steroid dienone is 1. The summed E-state index contributed by atoms with van der Waals surface area (Å²) in [7, 11) is 0. The first-order valence-corrected chi connectivity index (χ1v) is 8.58. The molecule has 0 atom stereocenters. The summed E-state index contributed by atoms with van der Waals surface area (Å²) in [4.78, 5) is 8.83. The Morgan fingerprint density at radius 3 is 3.00 bits per heavy atom. The van der Waals surface area contributed by atoms with Gasteiger partial charge in [0, 0.05) is 10.9 Å². The molecule has 0 radical (unpaired) electrons. The fourth-order valence-electron chi connectivity index (χ4n) is 2.79. The summed E-state index contributed by atoms with van der Waals surface area (Å²) in [6.45, 7) is 2.16. The summed E-state index contributed by atoms with van der Waals surface area (Å²) >= 11 is 11.3. The third kappa shape index (κ3) is 2.13. The Morgan fingerprint density at radius 1 is 1.29 bits per heavy atom. The van der Waals surface area contributed by atoms with Gasteiger partial charge >= 0.3 is 0 Å². The van der Waals surface area contributed by atoms with Crippen molar-refractivity contribution in [2.24, 2.45) is 0 Å². The van der Waals surface area contributed by atoms with Crippen LogP contribution in [0.25, 0.3) is 27.6 Å². The SMILES string of the molecule is CC1=Cc2c(cccc2-c2nc(Cl)nc3c(Br)csc23)C1. The van der Waals surface area contributed by atoms with Gasteiger partial charge in [0.2, 0.25) is 5.28 Å². The van der Waals surface area contributed by atoms with E-state index in [0.29, 0.717) is 0 Å². The Bertz CT molecular complexity index is 914. The van der Waals surface area contributed by atoms with Crippen LogP contribution < -0.4 is 0 Å². The molecule has 0 saturated carbocycles. The molecule has 21 heavy (non-hydrogen) atoms. The molecule has 0 saturated heterocycles. The molecule has 0 N–H and O–H groups in total. The molecule has 1 aliphatic carbocycles. The summed E-state index contributed by atoms with van der Waals surface area (Å²) in [6.07, 6.45) is 3.26. The van der Waals surface area contributed by atoms with E-state index >= 15 is 0 Å². The highest BCUT2D eigenvalue weighted by atomic mass is 79.9. The summed E-state index contributed by atoms with van der Waals surface area (Å²) < 4.78 is 2.03.